The first-order valence-electron chi connectivity index (χ1n) is 5.50. The van der Waals surface area contributed by atoms with E-state index in [0.29, 0.717) is 22.4 Å². The molecule has 1 aromatic heterocycles. The van der Waals surface area contributed by atoms with Crippen LogP contribution >= 0.6 is 15.9 Å². The van der Waals surface area contributed by atoms with Gasteiger partial charge in [-0.2, -0.15) is 0 Å². The highest BCUT2D eigenvalue weighted by Crippen LogP contribution is 2.24. The summed E-state index contributed by atoms with van der Waals surface area (Å²) in [5.41, 5.74) is 0. The van der Waals surface area contributed by atoms with Gasteiger partial charge in [0.25, 0.3) is 5.91 Å². The highest BCUT2D eigenvalue weighted by molar-refractivity contribution is 9.10. The summed E-state index contributed by atoms with van der Waals surface area (Å²) in [4.78, 5) is 14.0. The van der Waals surface area contributed by atoms with Crippen LogP contribution < -0.4 is 5.32 Å². The molecule has 0 aliphatic carbocycles. The van der Waals surface area contributed by atoms with Gasteiger partial charge in [-0.15, -0.1) is 0 Å². The molecular weight excluding hydrogens is 272 g/mol. The largest absolute Gasteiger partial charge is 0.444 e. The van der Waals surface area contributed by atoms with Crippen LogP contribution in [0.15, 0.2) is 21.2 Å². The van der Waals surface area contributed by atoms with Gasteiger partial charge in [0.15, 0.2) is 10.4 Å². The average molecular weight is 285 g/mol. The zero-order valence-corrected chi connectivity index (χ0v) is 10.4. The number of nitrogens with one attached hydrogen (secondary N) is 1. The SMILES string of the molecule is O=C(c1ccc(Br)o1)N1C[C@H]2CN[C@H](C2)C1. The fourth-order valence-electron chi connectivity index (χ4n) is 2.58. The van der Waals surface area contributed by atoms with Crippen molar-refractivity contribution in [2.75, 3.05) is 19.6 Å². The Morgan fingerprint density at radius 3 is 3.06 bits per heavy atom. The molecule has 0 spiro atoms. The Labute approximate surface area is 102 Å². The van der Waals surface area contributed by atoms with Crippen molar-refractivity contribution in [3.63, 3.8) is 0 Å². The maximum absolute atomic E-state index is 12.1. The van der Waals surface area contributed by atoms with Crippen LogP contribution in [0.25, 0.3) is 0 Å². The lowest BCUT2D eigenvalue weighted by Crippen LogP contribution is -2.44. The van der Waals surface area contributed by atoms with E-state index in [1.54, 1.807) is 12.1 Å². The molecule has 2 fully saturated rings. The third-order valence-corrected chi connectivity index (χ3v) is 3.73. The van der Waals surface area contributed by atoms with E-state index in [0.717, 1.165) is 19.6 Å². The maximum Gasteiger partial charge on any atom is 0.289 e. The first kappa shape index (κ1) is 10.4. The van der Waals surface area contributed by atoms with Crippen molar-refractivity contribution >= 4 is 21.8 Å². The Morgan fingerprint density at radius 1 is 1.50 bits per heavy atom. The quantitative estimate of drug-likeness (QED) is 0.850. The molecule has 3 rings (SSSR count). The monoisotopic (exact) mass is 284 g/mol. The number of furan rings is 1. The average Bonchev–Trinajstić information content (AvgIpc) is 2.84. The van der Waals surface area contributed by atoms with Crippen LogP contribution in [0.1, 0.15) is 17.0 Å². The molecule has 2 atom stereocenters. The van der Waals surface area contributed by atoms with Gasteiger partial charge in [0.1, 0.15) is 0 Å². The van der Waals surface area contributed by atoms with E-state index in [-0.39, 0.29) is 5.91 Å². The number of hydrogen-bond acceptors (Lipinski definition) is 3. The number of amides is 1. The summed E-state index contributed by atoms with van der Waals surface area (Å²) in [6.45, 7) is 2.69. The fraction of sp³-hybridized carbons (Fsp3) is 0.545. The number of fused-ring (bicyclic) bond motifs is 2. The van der Waals surface area contributed by atoms with E-state index in [2.05, 4.69) is 21.2 Å². The van der Waals surface area contributed by atoms with Crippen LogP contribution in [0, 0.1) is 5.92 Å². The molecule has 2 aliphatic heterocycles. The van der Waals surface area contributed by atoms with E-state index >= 15 is 0 Å². The van der Waals surface area contributed by atoms with E-state index in [1.807, 2.05) is 4.90 Å². The van der Waals surface area contributed by atoms with Crippen LogP contribution in [0.2, 0.25) is 0 Å². The zero-order valence-electron chi connectivity index (χ0n) is 8.78. The molecule has 2 saturated heterocycles. The van der Waals surface area contributed by atoms with E-state index in [1.165, 1.54) is 6.42 Å². The topological polar surface area (TPSA) is 45.5 Å². The highest BCUT2D eigenvalue weighted by atomic mass is 79.9. The second-order valence-corrected chi connectivity index (χ2v) is 5.30. The third-order valence-electron chi connectivity index (χ3n) is 3.30. The lowest BCUT2D eigenvalue weighted by molar-refractivity contribution is 0.0658. The predicted molar refractivity (Wildman–Crippen MR) is 62.2 cm³/mol. The number of carbonyl (C=O) groups is 1. The number of hydrogen-bond donors (Lipinski definition) is 1. The molecule has 0 aromatic carbocycles. The summed E-state index contributed by atoms with van der Waals surface area (Å²) < 4.78 is 5.90. The molecule has 5 heteroatoms. The molecule has 2 aliphatic rings. The molecule has 4 nitrogen and oxygen atoms in total. The normalized spacial score (nSPS) is 28.4. The molecule has 1 amide bonds. The molecular formula is C11H13BrN2O2. The molecule has 0 radical (unpaired) electrons. The number of piperidine rings is 1. The van der Waals surface area contributed by atoms with Gasteiger partial charge in [-0.05, 0) is 40.4 Å². The molecule has 0 saturated carbocycles. The van der Waals surface area contributed by atoms with Crippen molar-refractivity contribution in [3.8, 4) is 0 Å². The second-order valence-electron chi connectivity index (χ2n) is 4.52. The summed E-state index contributed by atoms with van der Waals surface area (Å²) in [5, 5.41) is 3.43. The van der Waals surface area contributed by atoms with Crippen LogP contribution in [0.3, 0.4) is 0 Å². The summed E-state index contributed by atoms with van der Waals surface area (Å²) in [6, 6.07) is 3.95. The molecule has 1 N–H and O–H groups in total. The first-order chi connectivity index (χ1) is 7.72. The summed E-state index contributed by atoms with van der Waals surface area (Å²) in [7, 11) is 0. The van der Waals surface area contributed by atoms with Crippen LogP contribution in [0.4, 0.5) is 0 Å². The molecule has 16 heavy (non-hydrogen) atoms. The van der Waals surface area contributed by atoms with Crippen LogP contribution in [-0.4, -0.2) is 36.5 Å². The molecule has 3 heterocycles. The summed E-state index contributed by atoms with van der Waals surface area (Å²) >= 11 is 3.21. The maximum atomic E-state index is 12.1. The van der Waals surface area contributed by atoms with Gasteiger partial charge in [0, 0.05) is 25.7 Å². The van der Waals surface area contributed by atoms with Gasteiger partial charge in [-0.25, -0.2) is 0 Å². The van der Waals surface area contributed by atoms with Crippen LogP contribution in [-0.2, 0) is 0 Å². The van der Waals surface area contributed by atoms with Crippen molar-refractivity contribution in [1.82, 2.24) is 10.2 Å². The smallest absolute Gasteiger partial charge is 0.289 e. The molecule has 86 valence electrons. The second kappa shape index (κ2) is 3.89. The minimum absolute atomic E-state index is 0.00380. The lowest BCUT2D eigenvalue weighted by Gasteiger charge is -2.30. The standard InChI is InChI=1S/C11H13BrN2O2/c12-10-2-1-9(16-10)11(15)14-5-7-3-8(6-14)13-4-7/h1-2,7-8,13H,3-6H2/t7-,8-/m1/s1. The first-order valence-corrected chi connectivity index (χ1v) is 6.29. The van der Waals surface area contributed by atoms with Crippen molar-refractivity contribution in [2.45, 2.75) is 12.5 Å². The van der Waals surface area contributed by atoms with Gasteiger partial charge < -0.3 is 14.6 Å². The minimum atomic E-state index is 0.00380. The Morgan fingerprint density at radius 2 is 2.38 bits per heavy atom. The number of nitrogens with zero attached hydrogens (tertiary/aromatic N) is 1. The van der Waals surface area contributed by atoms with Gasteiger partial charge in [-0.3, -0.25) is 4.79 Å². The van der Waals surface area contributed by atoms with Crippen molar-refractivity contribution in [3.05, 3.63) is 22.6 Å². The fourth-order valence-corrected chi connectivity index (χ4v) is 2.89. The minimum Gasteiger partial charge on any atom is -0.444 e. The molecule has 2 bridgehead atoms. The Hall–Kier alpha value is -0.810. The number of likely N-dealkylation sites (tertiary alicyclic amines) is 1. The third kappa shape index (κ3) is 1.78. The van der Waals surface area contributed by atoms with Crippen molar-refractivity contribution in [1.29, 1.82) is 0 Å². The van der Waals surface area contributed by atoms with Gasteiger partial charge in [0.05, 0.1) is 0 Å². The van der Waals surface area contributed by atoms with E-state index in [4.69, 9.17) is 4.42 Å². The Balaban J connectivity index is 1.76. The Kier molecular flexibility index (Phi) is 2.52. The van der Waals surface area contributed by atoms with Gasteiger partial charge in [0.2, 0.25) is 0 Å². The number of halogens is 1. The van der Waals surface area contributed by atoms with Crippen molar-refractivity contribution < 1.29 is 9.21 Å². The Bertz CT molecular complexity index is 406. The summed E-state index contributed by atoms with van der Waals surface area (Å²) in [5.74, 6) is 1.04. The van der Waals surface area contributed by atoms with E-state index in [9.17, 15) is 4.79 Å². The van der Waals surface area contributed by atoms with Gasteiger partial charge in [-0.1, -0.05) is 0 Å². The summed E-state index contributed by atoms with van der Waals surface area (Å²) in [6.07, 6.45) is 1.20. The molecule has 0 unspecified atom stereocenters. The van der Waals surface area contributed by atoms with Crippen molar-refractivity contribution in [2.24, 2.45) is 5.92 Å². The highest BCUT2D eigenvalue weighted by Gasteiger charge is 2.35. The number of rotatable bonds is 1. The molecule has 1 aromatic rings. The predicted octanol–water partition coefficient (Wildman–Crippen LogP) is 1.48. The van der Waals surface area contributed by atoms with Crippen LogP contribution in [0.5, 0.6) is 0 Å². The number of carbonyl (C=O) groups excluding carboxylic acids is 1. The lowest BCUT2D eigenvalue weighted by atomic mass is 10.00. The van der Waals surface area contributed by atoms with E-state index < -0.39 is 0 Å². The zero-order chi connectivity index (χ0) is 11.1. The van der Waals surface area contributed by atoms with Gasteiger partial charge >= 0.3 is 0 Å².